The van der Waals surface area contributed by atoms with Crippen LogP contribution >= 0.6 is 0 Å². The fraction of sp³-hybridized carbons (Fsp3) is 0.600. The van der Waals surface area contributed by atoms with E-state index in [-0.39, 0.29) is 0 Å². The van der Waals surface area contributed by atoms with E-state index >= 15 is 0 Å². The van der Waals surface area contributed by atoms with Crippen molar-refractivity contribution in [1.82, 2.24) is 0 Å². The minimum absolute atomic E-state index is 0.643. The van der Waals surface area contributed by atoms with E-state index in [9.17, 15) is 0 Å². The van der Waals surface area contributed by atoms with Crippen molar-refractivity contribution < 1.29 is 0 Å². The van der Waals surface area contributed by atoms with Gasteiger partial charge in [-0.15, -0.1) is 0 Å². The summed E-state index contributed by atoms with van der Waals surface area (Å²) < 4.78 is 0. The average molecular weight is 217 g/mol. The number of rotatable bonds is 5. The Morgan fingerprint density at radius 1 is 1.19 bits per heavy atom. The Bertz CT molecular complexity index is 343. The molecule has 1 atom stereocenters. The summed E-state index contributed by atoms with van der Waals surface area (Å²) in [6.07, 6.45) is 7.64. The molecule has 0 aromatic heterocycles. The Kier molecular flexibility index (Phi) is 3.87. The SMILES string of the molecule is CCCC(CC)Nc1ccc2c(c1)CCC2. The highest BCUT2D eigenvalue weighted by Gasteiger charge is 2.11. The number of aryl methyl sites for hydroxylation is 2. The summed E-state index contributed by atoms with van der Waals surface area (Å²) in [6.45, 7) is 4.52. The van der Waals surface area contributed by atoms with Gasteiger partial charge < -0.3 is 5.32 Å². The van der Waals surface area contributed by atoms with E-state index in [2.05, 4.69) is 37.4 Å². The Morgan fingerprint density at radius 3 is 2.75 bits per heavy atom. The van der Waals surface area contributed by atoms with Crippen LogP contribution in [0.4, 0.5) is 5.69 Å². The summed E-state index contributed by atoms with van der Waals surface area (Å²) >= 11 is 0. The summed E-state index contributed by atoms with van der Waals surface area (Å²) in [5.74, 6) is 0. The van der Waals surface area contributed by atoms with Gasteiger partial charge in [0.25, 0.3) is 0 Å². The molecule has 16 heavy (non-hydrogen) atoms. The van der Waals surface area contributed by atoms with Crippen LogP contribution in [0.25, 0.3) is 0 Å². The van der Waals surface area contributed by atoms with Crippen LogP contribution in [0.5, 0.6) is 0 Å². The van der Waals surface area contributed by atoms with E-state index < -0.39 is 0 Å². The first kappa shape index (κ1) is 11.5. The molecule has 0 heterocycles. The predicted molar refractivity (Wildman–Crippen MR) is 71.1 cm³/mol. The van der Waals surface area contributed by atoms with Gasteiger partial charge in [0, 0.05) is 11.7 Å². The normalized spacial score (nSPS) is 15.9. The summed E-state index contributed by atoms with van der Waals surface area (Å²) in [5, 5.41) is 3.66. The minimum Gasteiger partial charge on any atom is -0.382 e. The van der Waals surface area contributed by atoms with Crippen LogP contribution in [0.2, 0.25) is 0 Å². The Labute approximate surface area is 99.3 Å². The number of anilines is 1. The van der Waals surface area contributed by atoms with E-state index in [1.807, 2.05) is 0 Å². The van der Waals surface area contributed by atoms with Gasteiger partial charge in [0.2, 0.25) is 0 Å². The van der Waals surface area contributed by atoms with Crippen LogP contribution in [0.3, 0.4) is 0 Å². The molecule has 0 saturated carbocycles. The second-order valence-electron chi connectivity index (χ2n) is 4.88. The average Bonchev–Trinajstić information content (AvgIpc) is 2.75. The Hall–Kier alpha value is -0.980. The van der Waals surface area contributed by atoms with Gasteiger partial charge in [0.15, 0.2) is 0 Å². The van der Waals surface area contributed by atoms with Gasteiger partial charge in [-0.1, -0.05) is 26.3 Å². The maximum absolute atomic E-state index is 3.66. The lowest BCUT2D eigenvalue weighted by atomic mass is 10.1. The molecule has 1 nitrogen and oxygen atoms in total. The predicted octanol–water partition coefficient (Wildman–Crippen LogP) is 4.17. The van der Waals surface area contributed by atoms with E-state index in [0.717, 1.165) is 0 Å². The standard InChI is InChI=1S/C15H23N/c1-3-6-14(4-2)16-15-10-9-12-7-5-8-13(12)11-15/h9-11,14,16H,3-8H2,1-2H3. The molecule has 1 aromatic rings. The molecule has 1 N–H and O–H groups in total. The van der Waals surface area contributed by atoms with Crippen LogP contribution in [-0.2, 0) is 12.8 Å². The zero-order chi connectivity index (χ0) is 11.4. The molecule has 2 rings (SSSR count). The number of hydrogen-bond donors (Lipinski definition) is 1. The quantitative estimate of drug-likeness (QED) is 0.780. The largest absolute Gasteiger partial charge is 0.382 e. The molecule has 1 aliphatic rings. The lowest BCUT2D eigenvalue weighted by Gasteiger charge is -2.18. The minimum atomic E-state index is 0.643. The fourth-order valence-electron chi connectivity index (χ4n) is 2.62. The third-order valence-corrected chi connectivity index (χ3v) is 3.60. The molecular formula is C15H23N. The van der Waals surface area contributed by atoms with Crippen molar-refractivity contribution in [1.29, 1.82) is 0 Å². The molecule has 0 radical (unpaired) electrons. The van der Waals surface area contributed by atoms with Gasteiger partial charge in [0.05, 0.1) is 0 Å². The molecule has 0 amide bonds. The van der Waals surface area contributed by atoms with Gasteiger partial charge in [-0.2, -0.15) is 0 Å². The van der Waals surface area contributed by atoms with Crippen LogP contribution < -0.4 is 5.32 Å². The molecule has 0 aliphatic heterocycles. The molecule has 1 aromatic carbocycles. The van der Waals surface area contributed by atoms with Gasteiger partial charge in [-0.3, -0.25) is 0 Å². The maximum atomic E-state index is 3.66. The van der Waals surface area contributed by atoms with E-state index in [1.165, 1.54) is 44.2 Å². The van der Waals surface area contributed by atoms with E-state index in [1.54, 1.807) is 11.1 Å². The van der Waals surface area contributed by atoms with E-state index in [4.69, 9.17) is 0 Å². The fourth-order valence-corrected chi connectivity index (χ4v) is 2.62. The first-order chi connectivity index (χ1) is 7.83. The zero-order valence-electron chi connectivity index (χ0n) is 10.6. The monoisotopic (exact) mass is 217 g/mol. The van der Waals surface area contributed by atoms with Crippen molar-refractivity contribution in [2.24, 2.45) is 0 Å². The maximum Gasteiger partial charge on any atom is 0.0345 e. The molecule has 1 heteroatoms. The Balaban J connectivity index is 2.04. The molecular weight excluding hydrogens is 194 g/mol. The van der Waals surface area contributed by atoms with Crippen molar-refractivity contribution >= 4 is 5.69 Å². The van der Waals surface area contributed by atoms with Crippen molar-refractivity contribution in [3.8, 4) is 0 Å². The first-order valence-electron chi connectivity index (χ1n) is 6.71. The van der Waals surface area contributed by atoms with Crippen molar-refractivity contribution in [3.05, 3.63) is 29.3 Å². The van der Waals surface area contributed by atoms with Crippen LogP contribution in [0.15, 0.2) is 18.2 Å². The third-order valence-electron chi connectivity index (χ3n) is 3.60. The smallest absolute Gasteiger partial charge is 0.0345 e. The first-order valence-corrected chi connectivity index (χ1v) is 6.71. The molecule has 0 spiro atoms. The number of nitrogens with one attached hydrogen (secondary N) is 1. The molecule has 1 aliphatic carbocycles. The van der Waals surface area contributed by atoms with Crippen molar-refractivity contribution in [2.75, 3.05) is 5.32 Å². The van der Waals surface area contributed by atoms with Crippen LogP contribution in [0.1, 0.15) is 50.7 Å². The van der Waals surface area contributed by atoms with Gasteiger partial charge >= 0.3 is 0 Å². The zero-order valence-corrected chi connectivity index (χ0v) is 10.6. The highest BCUT2D eigenvalue weighted by atomic mass is 14.9. The summed E-state index contributed by atoms with van der Waals surface area (Å²) in [7, 11) is 0. The van der Waals surface area contributed by atoms with E-state index in [0.29, 0.717) is 6.04 Å². The highest BCUT2D eigenvalue weighted by molar-refractivity contribution is 5.50. The molecule has 88 valence electrons. The third kappa shape index (κ3) is 2.58. The topological polar surface area (TPSA) is 12.0 Å². The highest BCUT2D eigenvalue weighted by Crippen LogP contribution is 2.25. The van der Waals surface area contributed by atoms with Gasteiger partial charge in [0.1, 0.15) is 0 Å². The lowest BCUT2D eigenvalue weighted by Crippen LogP contribution is -2.17. The summed E-state index contributed by atoms with van der Waals surface area (Å²) in [4.78, 5) is 0. The van der Waals surface area contributed by atoms with Gasteiger partial charge in [-0.25, -0.2) is 0 Å². The number of fused-ring (bicyclic) bond motifs is 1. The Morgan fingerprint density at radius 2 is 2.00 bits per heavy atom. The van der Waals surface area contributed by atoms with Crippen molar-refractivity contribution in [3.63, 3.8) is 0 Å². The molecule has 0 bridgehead atoms. The summed E-state index contributed by atoms with van der Waals surface area (Å²) in [5.41, 5.74) is 4.45. The second-order valence-corrected chi connectivity index (χ2v) is 4.88. The molecule has 0 fully saturated rings. The summed E-state index contributed by atoms with van der Waals surface area (Å²) in [6, 6.07) is 7.57. The van der Waals surface area contributed by atoms with Crippen LogP contribution in [0, 0.1) is 0 Å². The second kappa shape index (κ2) is 5.38. The number of hydrogen-bond acceptors (Lipinski definition) is 1. The molecule has 1 unspecified atom stereocenters. The van der Waals surface area contributed by atoms with Crippen molar-refractivity contribution in [2.45, 2.75) is 58.4 Å². The molecule has 0 saturated heterocycles. The van der Waals surface area contributed by atoms with Crippen LogP contribution in [-0.4, -0.2) is 6.04 Å². The van der Waals surface area contributed by atoms with Gasteiger partial charge in [-0.05, 0) is 55.4 Å². The number of benzene rings is 1. The lowest BCUT2D eigenvalue weighted by molar-refractivity contribution is 0.623.